The van der Waals surface area contributed by atoms with Crippen molar-refractivity contribution in [3.8, 4) is 0 Å². The van der Waals surface area contributed by atoms with Crippen molar-refractivity contribution in [2.24, 2.45) is 0 Å². The number of carbonyl (C=O) groups is 2. The average molecular weight is 142 g/mol. The molecule has 0 aromatic heterocycles. The Morgan fingerprint density at radius 1 is 1.50 bits per heavy atom. The Hall–Kier alpha value is -1.12. The lowest BCUT2D eigenvalue weighted by Crippen LogP contribution is -2.08. The lowest BCUT2D eigenvalue weighted by molar-refractivity contribution is -0.142. The summed E-state index contributed by atoms with van der Waals surface area (Å²) in [5.74, 6) is -0.629. The van der Waals surface area contributed by atoms with Crippen LogP contribution >= 0.6 is 0 Å². The summed E-state index contributed by atoms with van der Waals surface area (Å²) in [5, 5.41) is 0. The maximum absolute atomic E-state index is 10.5. The zero-order valence-electron chi connectivity index (χ0n) is 6.09. The molecule has 0 N–H and O–H groups in total. The SMILES string of the molecule is CC=CC(=O)OCC(C)=O. The summed E-state index contributed by atoms with van der Waals surface area (Å²) in [4.78, 5) is 20.7. The Bertz CT molecular complexity index is 158. The lowest BCUT2D eigenvalue weighted by Gasteiger charge is -1.95. The molecule has 0 bridgehead atoms. The van der Waals surface area contributed by atoms with Crippen molar-refractivity contribution < 1.29 is 14.3 Å². The van der Waals surface area contributed by atoms with Gasteiger partial charge in [-0.25, -0.2) is 4.79 Å². The van der Waals surface area contributed by atoms with Crippen molar-refractivity contribution in [3.05, 3.63) is 12.2 Å². The molecule has 10 heavy (non-hydrogen) atoms. The van der Waals surface area contributed by atoms with Gasteiger partial charge in [0.2, 0.25) is 0 Å². The molecular formula is C7H10O3. The highest BCUT2D eigenvalue weighted by Crippen LogP contribution is 1.81. The predicted octanol–water partition coefficient (Wildman–Crippen LogP) is 0.695. The molecule has 0 aliphatic rings. The summed E-state index contributed by atoms with van der Waals surface area (Å²) in [6.07, 6.45) is 2.82. The zero-order valence-corrected chi connectivity index (χ0v) is 6.09. The first kappa shape index (κ1) is 8.88. The number of allylic oxidation sites excluding steroid dienone is 1. The van der Waals surface area contributed by atoms with Crippen LogP contribution in [0, 0.1) is 0 Å². The minimum Gasteiger partial charge on any atom is -0.455 e. The standard InChI is InChI=1S/C7H10O3/c1-3-4-7(9)10-5-6(2)8/h3-4H,5H2,1-2H3. The van der Waals surface area contributed by atoms with Crippen molar-refractivity contribution in [1.29, 1.82) is 0 Å². The van der Waals surface area contributed by atoms with E-state index in [1.807, 2.05) is 0 Å². The van der Waals surface area contributed by atoms with E-state index in [1.54, 1.807) is 13.0 Å². The maximum atomic E-state index is 10.5. The zero-order chi connectivity index (χ0) is 7.98. The molecule has 0 aromatic rings. The van der Waals surface area contributed by atoms with Gasteiger partial charge < -0.3 is 4.74 Å². The highest BCUT2D eigenvalue weighted by Gasteiger charge is 1.97. The molecule has 0 rings (SSSR count). The summed E-state index contributed by atoms with van der Waals surface area (Å²) in [6.45, 7) is 2.93. The van der Waals surface area contributed by atoms with E-state index < -0.39 is 5.97 Å². The van der Waals surface area contributed by atoms with Crippen LogP contribution in [-0.4, -0.2) is 18.4 Å². The summed E-state index contributed by atoms with van der Waals surface area (Å²) in [5.41, 5.74) is 0. The fourth-order valence-corrected chi connectivity index (χ4v) is 0.357. The fourth-order valence-electron chi connectivity index (χ4n) is 0.357. The molecule has 0 saturated carbocycles. The van der Waals surface area contributed by atoms with Crippen LogP contribution in [0.3, 0.4) is 0 Å². The normalized spacial score (nSPS) is 9.80. The third kappa shape index (κ3) is 5.03. The molecule has 0 fully saturated rings. The van der Waals surface area contributed by atoms with Gasteiger partial charge in [-0.1, -0.05) is 6.08 Å². The Morgan fingerprint density at radius 3 is 2.50 bits per heavy atom. The van der Waals surface area contributed by atoms with Crippen molar-refractivity contribution in [1.82, 2.24) is 0 Å². The number of Topliss-reactive ketones (excluding diaryl/α,β-unsaturated/α-hetero) is 1. The second kappa shape index (κ2) is 4.73. The molecule has 0 unspecified atom stereocenters. The second-order valence-corrected chi connectivity index (χ2v) is 1.81. The van der Waals surface area contributed by atoms with E-state index >= 15 is 0 Å². The number of hydrogen-bond acceptors (Lipinski definition) is 3. The molecule has 0 spiro atoms. The molecule has 0 atom stereocenters. The summed E-state index contributed by atoms with van der Waals surface area (Å²) in [6, 6.07) is 0. The fraction of sp³-hybridized carbons (Fsp3) is 0.429. The number of esters is 1. The van der Waals surface area contributed by atoms with Crippen molar-refractivity contribution in [2.75, 3.05) is 6.61 Å². The molecule has 0 aromatic carbocycles. The first-order valence-corrected chi connectivity index (χ1v) is 2.95. The molecule has 3 heteroatoms. The van der Waals surface area contributed by atoms with Gasteiger partial charge in [-0.2, -0.15) is 0 Å². The van der Waals surface area contributed by atoms with Gasteiger partial charge in [0.15, 0.2) is 5.78 Å². The Kier molecular flexibility index (Phi) is 4.20. The predicted molar refractivity (Wildman–Crippen MR) is 36.5 cm³/mol. The van der Waals surface area contributed by atoms with Gasteiger partial charge >= 0.3 is 5.97 Å². The smallest absolute Gasteiger partial charge is 0.330 e. The van der Waals surface area contributed by atoms with E-state index in [2.05, 4.69) is 4.74 Å². The molecule has 0 amide bonds. The number of ether oxygens (including phenoxy) is 1. The van der Waals surface area contributed by atoms with Crippen molar-refractivity contribution in [3.63, 3.8) is 0 Å². The van der Waals surface area contributed by atoms with Crippen LogP contribution in [0.25, 0.3) is 0 Å². The lowest BCUT2D eigenvalue weighted by atomic mass is 10.5. The van der Waals surface area contributed by atoms with Gasteiger partial charge in [0.1, 0.15) is 6.61 Å². The summed E-state index contributed by atoms with van der Waals surface area (Å²) < 4.78 is 4.47. The first-order valence-electron chi connectivity index (χ1n) is 2.95. The largest absolute Gasteiger partial charge is 0.455 e. The molecule has 0 aliphatic heterocycles. The van der Waals surface area contributed by atoms with Crippen LogP contribution in [0.4, 0.5) is 0 Å². The second-order valence-electron chi connectivity index (χ2n) is 1.81. The quantitative estimate of drug-likeness (QED) is 0.430. The number of carbonyl (C=O) groups excluding carboxylic acids is 2. The molecule has 0 saturated heterocycles. The Labute approximate surface area is 59.7 Å². The minimum atomic E-state index is -0.474. The third-order valence-electron chi connectivity index (χ3n) is 0.720. The van der Waals surface area contributed by atoms with E-state index in [1.165, 1.54) is 13.0 Å². The maximum Gasteiger partial charge on any atom is 0.330 e. The molecule has 3 nitrogen and oxygen atoms in total. The van der Waals surface area contributed by atoms with E-state index in [-0.39, 0.29) is 12.4 Å². The van der Waals surface area contributed by atoms with E-state index in [0.717, 1.165) is 0 Å². The van der Waals surface area contributed by atoms with Crippen LogP contribution in [-0.2, 0) is 14.3 Å². The van der Waals surface area contributed by atoms with E-state index in [9.17, 15) is 9.59 Å². The summed E-state index contributed by atoms with van der Waals surface area (Å²) in [7, 11) is 0. The highest BCUT2D eigenvalue weighted by atomic mass is 16.5. The molecule has 56 valence electrons. The van der Waals surface area contributed by atoms with Gasteiger partial charge in [0.05, 0.1) is 0 Å². The van der Waals surface area contributed by atoms with Crippen LogP contribution in [0.5, 0.6) is 0 Å². The monoisotopic (exact) mass is 142 g/mol. The average Bonchev–Trinajstić information content (AvgIpc) is 1.85. The topological polar surface area (TPSA) is 43.4 Å². The van der Waals surface area contributed by atoms with E-state index in [0.29, 0.717) is 0 Å². The minimum absolute atomic E-state index is 0.136. The molecule has 0 heterocycles. The highest BCUT2D eigenvalue weighted by molar-refractivity contribution is 5.85. The number of ketones is 1. The molecule has 0 aliphatic carbocycles. The van der Waals surface area contributed by atoms with Crippen LogP contribution in [0.15, 0.2) is 12.2 Å². The van der Waals surface area contributed by atoms with Gasteiger partial charge in [-0.05, 0) is 13.8 Å². The van der Waals surface area contributed by atoms with Gasteiger partial charge in [-0.15, -0.1) is 0 Å². The van der Waals surface area contributed by atoms with Crippen molar-refractivity contribution >= 4 is 11.8 Å². The number of hydrogen-bond donors (Lipinski definition) is 0. The van der Waals surface area contributed by atoms with Crippen LogP contribution in [0.1, 0.15) is 13.8 Å². The van der Waals surface area contributed by atoms with Gasteiger partial charge in [0.25, 0.3) is 0 Å². The van der Waals surface area contributed by atoms with Crippen LogP contribution in [0.2, 0.25) is 0 Å². The molecule has 0 radical (unpaired) electrons. The molecular weight excluding hydrogens is 132 g/mol. The van der Waals surface area contributed by atoms with Gasteiger partial charge in [0, 0.05) is 6.08 Å². The Balaban J connectivity index is 3.50. The van der Waals surface area contributed by atoms with E-state index in [4.69, 9.17) is 0 Å². The summed E-state index contributed by atoms with van der Waals surface area (Å²) >= 11 is 0. The number of rotatable bonds is 3. The van der Waals surface area contributed by atoms with Gasteiger partial charge in [-0.3, -0.25) is 4.79 Å². The van der Waals surface area contributed by atoms with Crippen molar-refractivity contribution in [2.45, 2.75) is 13.8 Å². The Morgan fingerprint density at radius 2 is 2.10 bits per heavy atom. The van der Waals surface area contributed by atoms with Crippen LogP contribution < -0.4 is 0 Å². The first-order chi connectivity index (χ1) is 4.66. The third-order valence-corrected chi connectivity index (χ3v) is 0.720.